The topological polar surface area (TPSA) is 46.3 Å². The van der Waals surface area contributed by atoms with Gasteiger partial charge < -0.3 is 9.42 Å². The van der Waals surface area contributed by atoms with Gasteiger partial charge in [-0.2, -0.15) is 0 Å². The lowest BCUT2D eigenvalue weighted by atomic mass is 10.2. The van der Waals surface area contributed by atoms with Crippen LogP contribution in [-0.2, 0) is 6.54 Å². The van der Waals surface area contributed by atoms with Gasteiger partial charge in [-0.25, -0.2) is 0 Å². The zero-order chi connectivity index (χ0) is 12.3. The molecule has 4 heteroatoms. The molecule has 0 bridgehead atoms. The van der Waals surface area contributed by atoms with Gasteiger partial charge in [-0.1, -0.05) is 35.5 Å². The highest BCUT2D eigenvalue weighted by Gasteiger charge is 2.15. The van der Waals surface area contributed by atoms with E-state index in [1.807, 2.05) is 30.3 Å². The van der Waals surface area contributed by atoms with Gasteiger partial charge in [-0.3, -0.25) is 4.79 Å². The number of rotatable bonds is 3. The van der Waals surface area contributed by atoms with E-state index in [-0.39, 0.29) is 5.91 Å². The molecule has 1 aromatic carbocycles. The molecule has 0 saturated heterocycles. The second-order valence-corrected chi connectivity index (χ2v) is 3.97. The van der Waals surface area contributed by atoms with Crippen LogP contribution in [0.1, 0.15) is 21.8 Å². The van der Waals surface area contributed by atoms with Crippen LogP contribution in [0.15, 0.2) is 40.9 Å². The number of hydrogen-bond donors (Lipinski definition) is 0. The molecule has 0 saturated carbocycles. The van der Waals surface area contributed by atoms with Gasteiger partial charge in [0, 0.05) is 19.7 Å². The van der Waals surface area contributed by atoms with Gasteiger partial charge in [-0.05, 0) is 12.5 Å². The fourth-order valence-electron chi connectivity index (χ4n) is 1.59. The molecule has 0 unspecified atom stereocenters. The third-order valence-electron chi connectivity index (χ3n) is 2.46. The predicted molar refractivity (Wildman–Crippen MR) is 63.5 cm³/mol. The number of benzene rings is 1. The first kappa shape index (κ1) is 11.4. The minimum atomic E-state index is -0.134. The average Bonchev–Trinajstić information content (AvgIpc) is 2.76. The number of amides is 1. The second-order valence-electron chi connectivity index (χ2n) is 3.97. The van der Waals surface area contributed by atoms with E-state index in [1.54, 1.807) is 24.9 Å². The first-order valence-corrected chi connectivity index (χ1v) is 5.39. The Kier molecular flexibility index (Phi) is 3.23. The van der Waals surface area contributed by atoms with Crippen molar-refractivity contribution in [3.63, 3.8) is 0 Å². The van der Waals surface area contributed by atoms with Crippen LogP contribution >= 0.6 is 0 Å². The van der Waals surface area contributed by atoms with Crippen molar-refractivity contribution >= 4 is 5.91 Å². The van der Waals surface area contributed by atoms with Gasteiger partial charge in [0.15, 0.2) is 5.69 Å². The maximum atomic E-state index is 12.0. The van der Waals surface area contributed by atoms with Crippen molar-refractivity contribution < 1.29 is 9.32 Å². The Morgan fingerprint density at radius 2 is 2.06 bits per heavy atom. The smallest absolute Gasteiger partial charge is 0.276 e. The predicted octanol–water partition coefficient (Wildman–Crippen LogP) is 2.26. The normalized spacial score (nSPS) is 10.2. The Morgan fingerprint density at radius 3 is 2.65 bits per heavy atom. The molecule has 0 aliphatic rings. The molecule has 1 heterocycles. The molecule has 0 radical (unpaired) electrons. The van der Waals surface area contributed by atoms with E-state index in [0.717, 1.165) is 5.56 Å². The molecule has 1 aromatic heterocycles. The van der Waals surface area contributed by atoms with Crippen LogP contribution in [0.4, 0.5) is 0 Å². The van der Waals surface area contributed by atoms with Crippen molar-refractivity contribution in [2.75, 3.05) is 7.05 Å². The summed E-state index contributed by atoms with van der Waals surface area (Å²) in [6.07, 6.45) is 0. The lowest BCUT2D eigenvalue weighted by molar-refractivity contribution is 0.0774. The van der Waals surface area contributed by atoms with Crippen LogP contribution in [0.3, 0.4) is 0 Å². The van der Waals surface area contributed by atoms with Crippen molar-refractivity contribution in [2.45, 2.75) is 13.5 Å². The molecule has 0 fully saturated rings. The fraction of sp³-hybridized carbons (Fsp3) is 0.231. The number of aromatic nitrogens is 1. The standard InChI is InChI=1S/C13H14N2O2/c1-10-8-12(14-17-10)13(16)15(2)9-11-6-4-3-5-7-11/h3-8H,9H2,1-2H3. The summed E-state index contributed by atoms with van der Waals surface area (Å²) >= 11 is 0. The lowest BCUT2D eigenvalue weighted by Gasteiger charge is -2.15. The SMILES string of the molecule is Cc1cc(C(=O)N(C)Cc2ccccc2)no1. The minimum absolute atomic E-state index is 0.134. The molecular weight excluding hydrogens is 216 g/mol. The molecule has 2 rings (SSSR count). The summed E-state index contributed by atoms with van der Waals surface area (Å²) in [5, 5.41) is 3.71. The van der Waals surface area contributed by atoms with Gasteiger partial charge in [0.2, 0.25) is 0 Å². The summed E-state index contributed by atoms with van der Waals surface area (Å²) in [5.41, 5.74) is 1.43. The van der Waals surface area contributed by atoms with E-state index in [2.05, 4.69) is 5.16 Å². The molecule has 0 aliphatic heterocycles. The number of hydrogen-bond acceptors (Lipinski definition) is 3. The first-order chi connectivity index (χ1) is 8.16. The van der Waals surface area contributed by atoms with Crippen molar-refractivity contribution in [3.8, 4) is 0 Å². The summed E-state index contributed by atoms with van der Waals surface area (Å²) in [4.78, 5) is 13.6. The Labute approximate surface area is 99.8 Å². The monoisotopic (exact) mass is 230 g/mol. The number of carbonyl (C=O) groups excluding carboxylic acids is 1. The summed E-state index contributed by atoms with van der Waals surface area (Å²) in [7, 11) is 1.75. The quantitative estimate of drug-likeness (QED) is 0.812. The summed E-state index contributed by atoms with van der Waals surface area (Å²) in [6.45, 7) is 2.33. The fourth-order valence-corrected chi connectivity index (χ4v) is 1.59. The molecule has 88 valence electrons. The van der Waals surface area contributed by atoms with Crippen molar-refractivity contribution in [1.29, 1.82) is 0 Å². The Balaban J connectivity index is 2.06. The van der Waals surface area contributed by atoms with Crippen LogP contribution in [0.25, 0.3) is 0 Å². The largest absolute Gasteiger partial charge is 0.361 e. The molecule has 0 N–H and O–H groups in total. The highest BCUT2D eigenvalue weighted by Crippen LogP contribution is 2.08. The van der Waals surface area contributed by atoms with E-state index in [0.29, 0.717) is 18.0 Å². The third kappa shape index (κ3) is 2.72. The summed E-state index contributed by atoms with van der Waals surface area (Å²) < 4.78 is 4.89. The van der Waals surface area contributed by atoms with Gasteiger partial charge in [0.25, 0.3) is 5.91 Å². The van der Waals surface area contributed by atoms with E-state index < -0.39 is 0 Å². The Hall–Kier alpha value is -2.10. The molecule has 2 aromatic rings. The molecule has 17 heavy (non-hydrogen) atoms. The zero-order valence-corrected chi connectivity index (χ0v) is 9.88. The Morgan fingerprint density at radius 1 is 1.35 bits per heavy atom. The number of nitrogens with zero attached hydrogens (tertiary/aromatic N) is 2. The van der Waals surface area contributed by atoms with E-state index >= 15 is 0 Å². The third-order valence-corrected chi connectivity index (χ3v) is 2.46. The second kappa shape index (κ2) is 4.82. The van der Waals surface area contributed by atoms with Crippen LogP contribution in [0, 0.1) is 6.92 Å². The van der Waals surface area contributed by atoms with Crippen molar-refractivity contribution in [2.24, 2.45) is 0 Å². The number of carbonyl (C=O) groups is 1. The van der Waals surface area contributed by atoms with Crippen molar-refractivity contribution in [1.82, 2.24) is 10.1 Å². The van der Waals surface area contributed by atoms with E-state index in [9.17, 15) is 4.79 Å². The zero-order valence-electron chi connectivity index (χ0n) is 9.88. The highest BCUT2D eigenvalue weighted by molar-refractivity contribution is 5.92. The van der Waals surface area contributed by atoms with Crippen LogP contribution in [0.5, 0.6) is 0 Å². The van der Waals surface area contributed by atoms with Gasteiger partial charge in [0.1, 0.15) is 5.76 Å². The lowest BCUT2D eigenvalue weighted by Crippen LogP contribution is -2.26. The Bertz CT molecular complexity index is 505. The highest BCUT2D eigenvalue weighted by atomic mass is 16.5. The van der Waals surface area contributed by atoms with Crippen molar-refractivity contribution in [3.05, 3.63) is 53.4 Å². The van der Waals surface area contributed by atoms with E-state index in [4.69, 9.17) is 4.52 Å². The number of aryl methyl sites for hydroxylation is 1. The van der Waals surface area contributed by atoms with Gasteiger partial charge in [0.05, 0.1) is 0 Å². The molecular formula is C13H14N2O2. The van der Waals surface area contributed by atoms with Gasteiger partial charge in [-0.15, -0.1) is 0 Å². The van der Waals surface area contributed by atoms with Crippen LogP contribution in [-0.4, -0.2) is 23.0 Å². The van der Waals surface area contributed by atoms with E-state index in [1.165, 1.54) is 0 Å². The average molecular weight is 230 g/mol. The summed E-state index contributed by atoms with van der Waals surface area (Å²) in [6, 6.07) is 11.5. The molecule has 1 amide bonds. The first-order valence-electron chi connectivity index (χ1n) is 5.39. The molecule has 4 nitrogen and oxygen atoms in total. The molecule has 0 spiro atoms. The van der Waals surface area contributed by atoms with Crippen LogP contribution < -0.4 is 0 Å². The maximum absolute atomic E-state index is 12.0. The minimum Gasteiger partial charge on any atom is -0.361 e. The van der Waals surface area contributed by atoms with Gasteiger partial charge >= 0.3 is 0 Å². The maximum Gasteiger partial charge on any atom is 0.276 e. The molecule has 0 aliphatic carbocycles. The summed E-state index contributed by atoms with van der Waals surface area (Å²) in [5.74, 6) is 0.507. The molecule has 0 atom stereocenters. The van der Waals surface area contributed by atoms with Crippen LogP contribution in [0.2, 0.25) is 0 Å².